The van der Waals surface area contributed by atoms with Crippen molar-refractivity contribution in [1.29, 1.82) is 0 Å². The minimum absolute atomic E-state index is 0.522. The molecule has 1 rings (SSSR count). The Morgan fingerprint density at radius 2 is 2.12 bits per heavy atom. The predicted molar refractivity (Wildman–Crippen MR) is 79.9 cm³/mol. The van der Waals surface area contributed by atoms with Crippen LogP contribution in [0.15, 0.2) is 24.3 Å². The summed E-state index contributed by atoms with van der Waals surface area (Å²) in [5.41, 5.74) is 2.89. The molecule has 1 unspecified atom stereocenters. The summed E-state index contributed by atoms with van der Waals surface area (Å²) in [6.45, 7) is 5.55. The summed E-state index contributed by atoms with van der Waals surface area (Å²) in [5.74, 6) is 1.22. The summed E-state index contributed by atoms with van der Waals surface area (Å²) >= 11 is 1.93. The molecule has 0 amide bonds. The van der Waals surface area contributed by atoms with Gasteiger partial charge in [0.2, 0.25) is 0 Å². The summed E-state index contributed by atoms with van der Waals surface area (Å²) in [6.07, 6.45) is 5.72. The average Bonchev–Trinajstić information content (AvgIpc) is 2.39. The summed E-state index contributed by atoms with van der Waals surface area (Å²) in [7, 11) is 0. The van der Waals surface area contributed by atoms with Crippen LogP contribution >= 0.6 is 11.8 Å². The van der Waals surface area contributed by atoms with Crippen LogP contribution in [0.4, 0.5) is 0 Å². The number of hydrogen-bond donors (Lipinski definition) is 1. The van der Waals surface area contributed by atoms with Crippen LogP contribution in [0.5, 0.6) is 0 Å². The van der Waals surface area contributed by atoms with Gasteiger partial charge in [0, 0.05) is 6.04 Å². The maximum atomic E-state index is 3.66. The summed E-state index contributed by atoms with van der Waals surface area (Å²) < 4.78 is 0. The van der Waals surface area contributed by atoms with Gasteiger partial charge in [-0.2, -0.15) is 11.8 Å². The molecule has 0 saturated heterocycles. The smallest absolute Gasteiger partial charge is 0.0328 e. The topological polar surface area (TPSA) is 12.0 Å². The molecule has 96 valence electrons. The van der Waals surface area contributed by atoms with E-state index in [4.69, 9.17) is 0 Å². The third-order valence-corrected chi connectivity index (χ3v) is 3.66. The third-order valence-electron chi connectivity index (χ3n) is 3.01. The second-order valence-electron chi connectivity index (χ2n) is 4.39. The number of aryl methyl sites for hydroxylation is 1. The average molecular weight is 251 g/mol. The number of thioether (sulfide) groups is 1. The molecule has 0 fully saturated rings. The van der Waals surface area contributed by atoms with E-state index in [9.17, 15) is 0 Å². The Morgan fingerprint density at radius 3 is 2.76 bits per heavy atom. The Morgan fingerprint density at radius 1 is 1.29 bits per heavy atom. The Labute approximate surface area is 110 Å². The zero-order chi connectivity index (χ0) is 12.5. The monoisotopic (exact) mass is 251 g/mol. The number of benzene rings is 1. The van der Waals surface area contributed by atoms with Crippen molar-refractivity contribution >= 4 is 11.8 Å². The molecule has 17 heavy (non-hydrogen) atoms. The maximum Gasteiger partial charge on any atom is 0.0328 e. The zero-order valence-electron chi connectivity index (χ0n) is 11.3. The van der Waals surface area contributed by atoms with Gasteiger partial charge in [-0.05, 0) is 48.9 Å². The van der Waals surface area contributed by atoms with Crippen LogP contribution in [0.2, 0.25) is 0 Å². The normalized spacial score (nSPS) is 12.6. The second kappa shape index (κ2) is 8.60. The van der Waals surface area contributed by atoms with Crippen LogP contribution in [0.3, 0.4) is 0 Å². The highest BCUT2D eigenvalue weighted by molar-refractivity contribution is 7.98. The molecule has 0 aliphatic heterocycles. The second-order valence-corrected chi connectivity index (χ2v) is 5.37. The fraction of sp³-hybridized carbons (Fsp3) is 0.600. The van der Waals surface area contributed by atoms with Crippen molar-refractivity contribution in [2.45, 2.75) is 39.2 Å². The first-order chi connectivity index (χ1) is 8.31. The third kappa shape index (κ3) is 5.13. The van der Waals surface area contributed by atoms with Gasteiger partial charge in [0.15, 0.2) is 0 Å². The minimum atomic E-state index is 0.522. The molecule has 0 bridgehead atoms. The summed E-state index contributed by atoms with van der Waals surface area (Å²) in [6, 6.07) is 9.54. The van der Waals surface area contributed by atoms with Gasteiger partial charge in [0.05, 0.1) is 0 Å². The Balaban J connectivity index is 2.71. The van der Waals surface area contributed by atoms with Crippen LogP contribution in [-0.4, -0.2) is 18.6 Å². The zero-order valence-corrected chi connectivity index (χ0v) is 12.1. The largest absolute Gasteiger partial charge is 0.310 e. The molecule has 1 nitrogen and oxygen atoms in total. The van der Waals surface area contributed by atoms with Gasteiger partial charge in [-0.15, -0.1) is 0 Å². The molecule has 0 aliphatic rings. The molecule has 0 aromatic heterocycles. The van der Waals surface area contributed by atoms with Crippen LogP contribution in [-0.2, 0) is 6.42 Å². The highest BCUT2D eigenvalue weighted by atomic mass is 32.2. The highest BCUT2D eigenvalue weighted by Crippen LogP contribution is 2.20. The van der Waals surface area contributed by atoms with Crippen LogP contribution in [0, 0.1) is 0 Å². The minimum Gasteiger partial charge on any atom is -0.310 e. The van der Waals surface area contributed by atoms with Gasteiger partial charge in [0.1, 0.15) is 0 Å². The van der Waals surface area contributed by atoms with Crippen molar-refractivity contribution < 1.29 is 0 Å². The SMILES string of the molecule is CCCNC(CCSC)c1cccc(CC)c1. The first kappa shape index (κ1) is 14.6. The lowest BCUT2D eigenvalue weighted by atomic mass is 10.0. The molecule has 1 atom stereocenters. The molecule has 0 heterocycles. The standard InChI is InChI=1S/C15H25NS/c1-4-10-16-15(9-11-17-3)14-8-6-7-13(5-2)12-14/h6-8,12,15-16H,4-5,9-11H2,1-3H3. The first-order valence-corrected chi connectivity index (χ1v) is 8.02. The van der Waals surface area contributed by atoms with Gasteiger partial charge in [-0.1, -0.05) is 38.1 Å². The molecule has 0 radical (unpaired) electrons. The van der Waals surface area contributed by atoms with E-state index in [1.807, 2.05) is 11.8 Å². The van der Waals surface area contributed by atoms with E-state index in [1.54, 1.807) is 0 Å². The van der Waals surface area contributed by atoms with Crippen molar-refractivity contribution in [1.82, 2.24) is 5.32 Å². The van der Waals surface area contributed by atoms with Gasteiger partial charge in [-0.3, -0.25) is 0 Å². The van der Waals surface area contributed by atoms with Crippen LogP contribution in [0.1, 0.15) is 43.9 Å². The Kier molecular flexibility index (Phi) is 7.38. The molecule has 0 aliphatic carbocycles. The molecule has 1 aromatic carbocycles. The molecule has 2 heteroatoms. The number of hydrogen-bond acceptors (Lipinski definition) is 2. The lowest BCUT2D eigenvalue weighted by Crippen LogP contribution is -2.22. The molecular weight excluding hydrogens is 226 g/mol. The van der Waals surface area contributed by atoms with Gasteiger partial charge >= 0.3 is 0 Å². The Bertz CT molecular complexity index is 304. The molecule has 0 spiro atoms. The maximum absolute atomic E-state index is 3.66. The van der Waals surface area contributed by atoms with Crippen LogP contribution < -0.4 is 5.32 Å². The predicted octanol–water partition coefficient (Wildman–Crippen LogP) is 4.04. The molecule has 1 N–H and O–H groups in total. The van der Waals surface area contributed by atoms with E-state index in [-0.39, 0.29) is 0 Å². The lowest BCUT2D eigenvalue weighted by molar-refractivity contribution is 0.521. The van der Waals surface area contributed by atoms with E-state index in [1.165, 1.54) is 29.7 Å². The highest BCUT2D eigenvalue weighted by Gasteiger charge is 2.10. The quantitative estimate of drug-likeness (QED) is 0.748. The fourth-order valence-corrected chi connectivity index (χ4v) is 2.44. The Hall–Kier alpha value is -0.470. The molecule has 1 aromatic rings. The van der Waals surface area contributed by atoms with E-state index < -0.39 is 0 Å². The van der Waals surface area contributed by atoms with Crippen molar-refractivity contribution in [2.24, 2.45) is 0 Å². The van der Waals surface area contributed by atoms with Gasteiger partial charge in [0.25, 0.3) is 0 Å². The first-order valence-electron chi connectivity index (χ1n) is 6.63. The van der Waals surface area contributed by atoms with Gasteiger partial charge < -0.3 is 5.32 Å². The number of nitrogens with one attached hydrogen (secondary N) is 1. The van der Waals surface area contributed by atoms with Crippen molar-refractivity contribution in [2.75, 3.05) is 18.6 Å². The summed E-state index contributed by atoms with van der Waals surface area (Å²) in [4.78, 5) is 0. The van der Waals surface area contributed by atoms with E-state index in [0.29, 0.717) is 6.04 Å². The summed E-state index contributed by atoms with van der Waals surface area (Å²) in [5, 5.41) is 3.66. The van der Waals surface area contributed by atoms with E-state index in [0.717, 1.165) is 13.0 Å². The molecular formula is C15H25NS. The lowest BCUT2D eigenvalue weighted by Gasteiger charge is -2.19. The van der Waals surface area contributed by atoms with E-state index in [2.05, 4.69) is 49.7 Å². The fourth-order valence-electron chi connectivity index (χ4n) is 1.97. The van der Waals surface area contributed by atoms with Crippen molar-refractivity contribution in [3.8, 4) is 0 Å². The van der Waals surface area contributed by atoms with Crippen molar-refractivity contribution in [3.63, 3.8) is 0 Å². The van der Waals surface area contributed by atoms with Crippen molar-refractivity contribution in [3.05, 3.63) is 35.4 Å². The van der Waals surface area contributed by atoms with Gasteiger partial charge in [-0.25, -0.2) is 0 Å². The van der Waals surface area contributed by atoms with Crippen LogP contribution in [0.25, 0.3) is 0 Å². The van der Waals surface area contributed by atoms with E-state index >= 15 is 0 Å². The number of rotatable bonds is 8. The molecule has 0 saturated carbocycles.